The molecule has 5 heteroatoms. The lowest BCUT2D eigenvalue weighted by Crippen LogP contribution is -1.86. The Kier molecular flexibility index (Phi) is 4.08. The fourth-order valence-corrected chi connectivity index (χ4v) is 2.49. The number of phenolic OH excluding ortho intramolecular Hbond substituents is 2. The van der Waals surface area contributed by atoms with E-state index < -0.39 is 0 Å². The van der Waals surface area contributed by atoms with Crippen molar-refractivity contribution in [2.45, 2.75) is 0 Å². The van der Waals surface area contributed by atoms with Crippen LogP contribution in [0.25, 0.3) is 23.1 Å². The van der Waals surface area contributed by atoms with Gasteiger partial charge in [0.15, 0.2) is 11.5 Å². The third-order valence-electron chi connectivity index (χ3n) is 3.45. The van der Waals surface area contributed by atoms with Crippen LogP contribution in [-0.4, -0.2) is 22.3 Å². The van der Waals surface area contributed by atoms with E-state index in [0.717, 1.165) is 5.39 Å². The molecule has 0 atom stereocenters. The molecule has 0 fully saturated rings. The van der Waals surface area contributed by atoms with Crippen LogP contribution in [0.2, 0.25) is 5.02 Å². The van der Waals surface area contributed by atoms with Gasteiger partial charge in [0.25, 0.3) is 0 Å². The van der Waals surface area contributed by atoms with Crippen molar-refractivity contribution in [2.24, 2.45) is 0 Å². The highest BCUT2D eigenvalue weighted by molar-refractivity contribution is 6.32. The van der Waals surface area contributed by atoms with Crippen molar-refractivity contribution in [3.8, 4) is 17.2 Å². The molecular weight excluding hydrogens is 314 g/mol. The highest BCUT2D eigenvalue weighted by Gasteiger charge is 2.06. The molecule has 0 saturated heterocycles. The van der Waals surface area contributed by atoms with Crippen molar-refractivity contribution in [1.29, 1.82) is 0 Å². The van der Waals surface area contributed by atoms with Crippen molar-refractivity contribution in [3.63, 3.8) is 0 Å². The number of methoxy groups -OCH3 is 1. The van der Waals surface area contributed by atoms with Gasteiger partial charge in [-0.05, 0) is 29.8 Å². The predicted octanol–water partition coefficient (Wildman–Crippen LogP) is 4.48. The van der Waals surface area contributed by atoms with Gasteiger partial charge >= 0.3 is 0 Å². The Morgan fingerprint density at radius 3 is 2.65 bits per heavy atom. The number of hydrogen-bond acceptors (Lipinski definition) is 4. The monoisotopic (exact) mass is 327 g/mol. The maximum Gasteiger partial charge on any atom is 0.161 e. The Morgan fingerprint density at radius 1 is 1.04 bits per heavy atom. The van der Waals surface area contributed by atoms with Gasteiger partial charge in [-0.3, -0.25) is 0 Å². The predicted molar refractivity (Wildman–Crippen MR) is 92.0 cm³/mol. The molecule has 0 aliphatic heterocycles. The van der Waals surface area contributed by atoms with Crippen LogP contribution in [0.15, 0.2) is 42.5 Å². The van der Waals surface area contributed by atoms with Crippen LogP contribution in [-0.2, 0) is 0 Å². The number of para-hydroxylation sites is 1. The van der Waals surface area contributed by atoms with Crippen molar-refractivity contribution >= 4 is 34.7 Å². The summed E-state index contributed by atoms with van der Waals surface area (Å²) < 4.78 is 5.07. The average Bonchev–Trinajstić information content (AvgIpc) is 2.55. The van der Waals surface area contributed by atoms with E-state index in [9.17, 15) is 10.2 Å². The fourth-order valence-electron chi connectivity index (χ4n) is 2.26. The molecule has 0 saturated carbocycles. The molecule has 2 N–H and O–H groups in total. The second kappa shape index (κ2) is 6.18. The number of aromatic nitrogens is 1. The van der Waals surface area contributed by atoms with Gasteiger partial charge in [0.1, 0.15) is 11.3 Å². The molecule has 0 radical (unpaired) electrons. The van der Waals surface area contributed by atoms with Crippen LogP contribution in [0.4, 0.5) is 0 Å². The molecule has 0 amide bonds. The van der Waals surface area contributed by atoms with Gasteiger partial charge in [0.2, 0.25) is 0 Å². The summed E-state index contributed by atoms with van der Waals surface area (Å²) in [7, 11) is 1.48. The van der Waals surface area contributed by atoms with Crippen LogP contribution < -0.4 is 4.74 Å². The molecule has 0 aliphatic rings. The quantitative estimate of drug-likeness (QED) is 0.744. The Bertz CT molecular complexity index is 906. The third-order valence-corrected chi connectivity index (χ3v) is 3.78. The lowest BCUT2D eigenvalue weighted by Gasteiger charge is -2.06. The zero-order valence-corrected chi connectivity index (χ0v) is 13.1. The molecule has 3 aromatic rings. The van der Waals surface area contributed by atoms with Gasteiger partial charge in [-0.1, -0.05) is 35.9 Å². The first kappa shape index (κ1) is 15.2. The minimum absolute atomic E-state index is 0.0107. The lowest BCUT2D eigenvalue weighted by atomic mass is 10.1. The van der Waals surface area contributed by atoms with E-state index in [-0.39, 0.29) is 11.5 Å². The maximum atomic E-state index is 9.87. The number of ether oxygens (including phenoxy) is 1. The Hall–Kier alpha value is -2.72. The van der Waals surface area contributed by atoms with Crippen molar-refractivity contribution < 1.29 is 14.9 Å². The Labute approximate surface area is 138 Å². The normalized spacial score (nSPS) is 11.2. The zero-order chi connectivity index (χ0) is 16.4. The summed E-state index contributed by atoms with van der Waals surface area (Å²) in [5.41, 5.74) is 1.92. The number of nitrogens with zero attached hydrogens (tertiary/aromatic N) is 1. The van der Waals surface area contributed by atoms with E-state index in [1.165, 1.54) is 13.2 Å². The zero-order valence-electron chi connectivity index (χ0n) is 12.3. The van der Waals surface area contributed by atoms with Crippen molar-refractivity contribution in [3.05, 3.63) is 58.7 Å². The molecule has 0 aliphatic carbocycles. The van der Waals surface area contributed by atoms with E-state index in [1.54, 1.807) is 30.4 Å². The molecule has 0 spiro atoms. The van der Waals surface area contributed by atoms with E-state index in [4.69, 9.17) is 16.3 Å². The molecule has 1 heterocycles. The Balaban J connectivity index is 1.98. The van der Waals surface area contributed by atoms with Gasteiger partial charge in [-0.25, -0.2) is 4.98 Å². The second-order valence-electron chi connectivity index (χ2n) is 4.96. The molecule has 2 aromatic carbocycles. The molecule has 0 unspecified atom stereocenters. The summed E-state index contributed by atoms with van der Waals surface area (Å²) in [6.45, 7) is 0. The summed E-state index contributed by atoms with van der Waals surface area (Å²) >= 11 is 6.12. The number of phenols is 2. The number of benzene rings is 2. The topological polar surface area (TPSA) is 62.6 Å². The third kappa shape index (κ3) is 3.07. The first-order valence-corrected chi connectivity index (χ1v) is 7.29. The summed E-state index contributed by atoms with van der Waals surface area (Å²) in [4.78, 5) is 4.42. The maximum absolute atomic E-state index is 9.87. The highest BCUT2D eigenvalue weighted by atomic mass is 35.5. The lowest BCUT2D eigenvalue weighted by molar-refractivity contribution is 0.373. The van der Waals surface area contributed by atoms with Gasteiger partial charge in [-0.2, -0.15) is 0 Å². The fraction of sp³-hybridized carbons (Fsp3) is 0.0556. The van der Waals surface area contributed by atoms with E-state index in [0.29, 0.717) is 27.5 Å². The summed E-state index contributed by atoms with van der Waals surface area (Å²) in [5.74, 6) is 0.476. The second-order valence-corrected chi connectivity index (χ2v) is 5.37. The Morgan fingerprint density at radius 2 is 1.87 bits per heavy atom. The number of pyridine rings is 1. The van der Waals surface area contributed by atoms with Crippen LogP contribution >= 0.6 is 11.6 Å². The number of hydrogen-bond donors (Lipinski definition) is 2. The van der Waals surface area contributed by atoms with Crippen molar-refractivity contribution in [1.82, 2.24) is 4.98 Å². The molecule has 1 aromatic heterocycles. The SMILES string of the molecule is COc1cc(C=Cc2ccc3cccc(O)c3n2)c(Cl)cc1O. The molecular formula is C18H14ClNO3. The molecule has 0 bridgehead atoms. The summed E-state index contributed by atoms with van der Waals surface area (Å²) in [6.07, 6.45) is 3.56. The summed E-state index contributed by atoms with van der Waals surface area (Å²) in [6, 6.07) is 12.1. The molecule has 23 heavy (non-hydrogen) atoms. The van der Waals surface area contributed by atoms with Crippen molar-refractivity contribution in [2.75, 3.05) is 7.11 Å². The van der Waals surface area contributed by atoms with Crippen LogP contribution in [0.1, 0.15) is 11.3 Å². The first-order valence-electron chi connectivity index (χ1n) is 6.92. The minimum atomic E-state index is -0.0107. The van der Waals surface area contributed by atoms with E-state index >= 15 is 0 Å². The largest absolute Gasteiger partial charge is 0.506 e. The average molecular weight is 328 g/mol. The molecule has 3 rings (SSSR count). The number of fused-ring (bicyclic) bond motifs is 1. The van der Waals surface area contributed by atoms with Gasteiger partial charge < -0.3 is 14.9 Å². The number of halogens is 1. The minimum Gasteiger partial charge on any atom is -0.506 e. The van der Waals surface area contributed by atoms with Crippen LogP contribution in [0, 0.1) is 0 Å². The van der Waals surface area contributed by atoms with E-state index in [2.05, 4.69) is 4.98 Å². The smallest absolute Gasteiger partial charge is 0.161 e. The highest BCUT2D eigenvalue weighted by Crippen LogP contribution is 2.33. The first-order chi connectivity index (χ1) is 11.1. The molecule has 116 valence electrons. The summed E-state index contributed by atoms with van der Waals surface area (Å²) in [5, 5.41) is 20.8. The molecule has 4 nitrogen and oxygen atoms in total. The standard InChI is InChI=1S/C18H14ClNO3/c1-23-17-9-12(14(19)10-16(17)22)6-8-13-7-5-11-3-2-4-15(21)18(11)20-13/h2-10,21-22H,1H3. The van der Waals surface area contributed by atoms with Gasteiger partial charge in [0.05, 0.1) is 17.8 Å². The number of rotatable bonds is 3. The van der Waals surface area contributed by atoms with Crippen LogP contribution in [0.5, 0.6) is 17.2 Å². The van der Waals surface area contributed by atoms with Gasteiger partial charge in [0, 0.05) is 11.5 Å². The van der Waals surface area contributed by atoms with E-state index in [1.807, 2.05) is 18.2 Å². The van der Waals surface area contributed by atoms with Crippen LogP contribution in [0.3, 0.4) is 0 Å². The number of aromatic hydroxyl groups is 2. The van der Waals surface area contributed by atoms with Gasteiger partial charge in [-0.15, -0.1) is 0 Å².